The number of hydrogen-bond donors (Lipinski definition) is 0. The van der Waals surface area contributed by atoms with Gasteiger partial charge in [0.05, 0.1) is 11.4 Å². The fraction of sp³-hybridized carbons (Fsp3) is 0.421. The summed E-state index contributed by atoms with van der Waals surface area (Å²) in [5.41, 5.74) is 24.9. The monoisotopic (exact) mass is 1060 g/mol. The number of aromatic nitrogens is 1. The number of thiophene rings is 1. The van der Waals surface area contributed by atoms with Crippen LogP contribution in [0.4, 0.5) is 17.1 Å². The van der Waals surface area contributed by atoms with Crippen molar-refractivity contribution in [1.82, 2.24) is 4.48 Å². The number of nitrogens with zero attached hydrogens (tertiary/aromatic N) is 2. The molecule has 0 N–H and O–H groups in total. The molecule has 8 saturated carbocycles. The predicted molar refractivity (Wildman–Crippen MR) is 340 cm³/mol. The summed E-state index contributed by atoms with van der Waals surface area (Å²) in [6.45, 7) is 17.2. The quantitative estimate of drug-likeness (QED) is 0.156. The second kappa shape index (κ2) is 16.0. The second-order valence-electron chi connectivity index (χ2n) is 30.8. The van der Waals surface area contributed by atoms with Crippen molar-refractivity contribution in [3.05, 3.63) is 161 Å². The lowest BCUT2D eigenvalue weighted by Gasteiger charge is -2.57. The smallest absolute Gasteiger partial charge is 0.343 e. The third-order valence-corrected chi connectivity index (χ3v) is 25.0. The highest BCUT2D eigenvalue weighted by Crippen LogP contribution is 2.64. The topological polar surface area (TPSA) is 8.17 Å². The largest absolute Gasteiger partial charge is 0.375 e. The van der Waals surface area contributed by atoms with Gasteiger partial charge in [-0.3, -0.25) is 0 Å². The van der Waals surface area contributed by atoms with Gasteiger partial charge >= 0.3 is 6.85 Å². The molecule has 0 saturated heterocycles. The third kappa shape index (κ3) is 6.61. The fourth-order valence-corrected chi connectivity index (χ4v) is 22.0. The first-order chi connectivity index (χ1) is 38.6. The molecule has 20 rings (SSSR count). The molecule has 11 aliphatic rings. The Hall–Kier alpha value is -5.84. The van der Waals surface area contributed by atoms with Gasteiger partial charge < -0.3 is 9.38 Å². The Balaban J connectivity index is 0.985. The number of rotatable bonds is 5. The summed E-state index contributed by atoms with van der Waals surface area (Å²) < 4.78 is 5.86. The zero-order chi connectivity index (χ0) is 53.6. The Bertz CT molecular complexity index is 4070. The molecule has 4 heteroatoms. The molecule has 4 heterocycles. The van der Waals surface area contributed by atoms with Crippen LogP contribution in [0, 0.1) is 35.5 Å². The molecule has 8 fully saturated rings. The van der Waals surface area contributed by atoms with Crippen LogP contribution in [0.1, 0.15) is 166 Å². The standard InChI is InChI=1S/C76H77BN2S/c1-72(2,3)53-18-20-64(56(32-53)51-16-12-9-13-17-51)78-66-31-52(50-14-10-8-11-15-50)30-58-60-35-55(76-41-47-27-48(42-76)29-49(28-47)43-76)34-59-57-33-54(75-38-44-24-45(39-75)26-46(25-44)40-75)19-21-65(57)79(69(59)60)77(68(58)66)71-70(78)61-36-62-63(37-67(61)80-71)74(6,7)23-22-73(62,4)5/h8-21,30-37,44-49H,22-29,38-43H2,1-7H3. The summed E-state index contributed by atoms with van der Waals surface area (Å²) >= 11 is 2.11. The van der Waals surface area contributed by atoms with E-state index in [0.717, 1.165) is 35.5 Å². The molecule has 80 heavy (non-hydrogen) atoms. The summed E-state index contributed by atoms with van der Waals surface area (Å²) in [5.74, 6) is 5.36. The molecule has 0 spiro atoms. The minimum absolute atomic E-state index is 0.00356. The van der Waals surface area contributed by atoms with Crippen LogP contribution < -0.4 is 15.1 Å². The van der Waals surface area contributed by atoms with Gasteiger partial charge in [0.25, 0.3) is 0 Å². The SMILES string of the molecule is CC(C)(C)c1ccc(N2c3cc(-c4ccccc4)cc4c3B(c3sc5cc6c(cc5c32)C(C)(C)CCC6(C)C)n2c3ccc(C56CC7CC(CC(C7)C5)C6)cc3c3cc(C56CC7CC(CC(C7)C5)C6)cc-4c32)c(-c2ccccc2)c1. The van der Waals surface area contributed by atoms with Crippen LogP contribution in [0.25, 0.3) is 65.3 Å². The van der Waals surface area contributed by atoms with Crippen molar-refractivity contribution in [2.24, 2.45) is 35.5 Å². The van der Waals surface area contributed by atoms with E-state index in [1.54, 1.807) is 16.7 Å². The van der Waals surface area contributed by atoms with Gasteiger partial charge in [0, 0.05) is 53.5 Å². The minimum atomic E-state index is -0.0202. The molecule has 400 valence electrons. The van der Waals surface area contributed by atoms with E-state index in [4.69, 9.17) is 0 Å². The third-order valence-electron chi connectivity index (χ3n) is 23.8. The van der Waals surface area contributed by atoms with Gasteiger partial charge in [-0.25, -0.2) is 0 Å². The van der Waals surface area contributed by atoms with Crippen LogP contribution in [0.3, 0.4) is 0 Å². The molecule has 2 aliphatic heterocycles. The summed E-state index contributed by atoms with van der Waals surface area (Å²) in [4.78, 5) is 2.82. The first kappa shape index (κ1) is 47.8. The maximum atomic E-state index is 2.95. The number of anilines is 3. The Kier molecular flexibility index (Phi) is 9.57. The van der Waals surface area contributed by atoms with Crippen molar-refractivity contribution in [1.29, 1.82) is 0 Å². The lowest BCUT2D eigenvalue weighted by Crippen LogP contribution is -2.55. The van der Waals surface area contributed by atoms with Gasteiger partial charge in [-0.1, -0.05) is 121 Å². The van der Waals surface area contributed by atoms with E-state index < -0.39 is 0 Å². The van der Waals surface area contributed by atoms with E-state index >= 15 is 0 Å². The van der Waals surface area contributed by atoms with Crippen LogP contribution in [0.5, 0.6) is 0 Å². The molecule has 0 unspecified atom stereocenters. The summed E-state index contributed by atoms with van der Waals surface area (Å²) in [6, 6.07) is 54.8. The molecular weight excluding hydrogens is 984 g/mol. The maximum absolute atomic E-state index is 2.95. The van der Waals surface area contributed by atoms with Gasteiger partial charge in [-0.05, 0) is 269 Å². The average Bonchev–Trinajstić information content (AvgIpc) is 3.13. The second-order valence-corrected chi connectivity index (χ2v) is 31.9. The van der Waals surface area contributed by atoms with Crippen LogP contribution in [0.15, 0.2) is 133 Å². The van der Waals surface area contributed by atoms with Crippen molar-refractivity contribution >= 4 is 77.4 Å². The van der Waals surface area contributed by atoms with E-state index in [0.29, 0.717) is 5.41 Å². The Labute approximate surface area is 479 Å². The Morgan fingerprint density at radius 1 is 0.487 bits per heavy atom. The first-order valence-electron chi connectivity index (χ1n) is 31.6. The van der Waals surface area contributed by atoms with Gasteiger partial charge in [0.15, 0.2) is 0 Å². The summed E-state index contributed by atoms with van der Waals surface area (Å²) in [5, 5.41) is 4.46. The van der Waals surface area contributed by atoms with E-state index in [9.17, 15) is 0 Å². The highest BCUT2D eigenvalue weighted by atomic mass is 32.1. The van der Waals surface area contributed by atoms with Crippen LogP contribution in [0.2, 0.25) is 0 Å². The minimum Gasteiger partial charge on any atom is -0.375 e. The molecule has 0 radical (unpaired) electrons. The van der Waals surface area contributed by atoms with Gasteiger partial charge in [-0.2, -0.15) is 0 Å². The van der Waals surface area contributed by atoms with Crippen molar-refractivity contribution in [2.75, 3.05) is 4.90 Å². The maximum Gasteiger partial charge on any atom is 0.343 e. The Morgan fingerprint density at radius 3 is 1.68 bits per heavy atom. The molecule has 2 aromatic heterocycles. The number of hydrogen-bond acceptors (Lipinski definition) is 2. The summed E-state index contributed by atoms with van der Waals surface area (Å²) in [6.07, 6.45) is 19.5. The zero-order valence-electron chi connectivity index (χ0n) is 48.4. The molecule has 0 atom stereocenters. The van der Waals surface area contributed by atoms with Crippen molar-refractivity contribution in [3.8, 4) is 33.4 Å². The molecule has 0 amide bonds. The lowest BCUT2D eigenvalue weighted by atomic mass is 9.47. The van der Waals surface area contributed by atoms with Gasteiger partial charge in [0.2, 0.25) is 0 Å². The Morgan fingerprint density at radius 2 is 1.06 bits per heavy atom. The molecule has 7 aromatic carbocycles. The van der Waals surface area contributed by atoms with Crippen LogP contribution in [-0.2, 0) is 27.1 Å². The van der Waals surface area contributed by atoms with Crippen LogP contribution >= 0.6 is 11.3 Å². The lowest BCUT2D eigenvalue weighted by molar-refractivity contribution is -0.00527. The van der Waals surface area contributed by atoms with Gasteiger partial charge in [0.1, 0.15) is 0 Å². The van der Waals surface area contributed by atoms with Crippen molar-refractivity contribution in [3.63, 3.8) is 0 Å². The van der Waals surface area contributed by atoms with Gasteiger partial charge in [-0.15, -0.1) is 11.3 Å². The van der Waals surface area contributed by atoms with E-state index in [-0.39, 0.29) is 28.5 Å². The normalized spacial score (nSPS) is 28.7. The number of benzene rings is 7. The first-order valence-corrected chi connectivity index (χ1v) is 32.4. The molecular formula is C76H77BN2S. The zero-order valence-corrected chi connectivity index (χ0v) is 49.3. The van der Waals surface area contributed by atoms with Crippen LogP contribution in [-0.4, -0.2) is 11.3 Å². The van der Waals surface area contributed by atoms with E-state index in [1.165, 1.54) is 194 Å². The molecule has 9 aliphatic carbocycles. The van der Waals surface area contributed by atoms with Crippen molar-refractivity contribution in [2.45, 2.75) is 165 Å². The molecule has 9 aromatic rings. The van der Waals surface area contributed by atoms with E-state index in [2.05, 4.69) is 203 Å². The average molecular weight is 1060 g/mol. The number of fused-ring (bicyclic) bond motifs is 10. The predicted octanol–water partition coefficient (Wildman–Crippen LogP) is 19.3. The summed E-state index contributed by atoms with van der Waals surface area (Å²) in [7, 11) is 0. The van der Waals surface area contributed by atoms with Crippen molar-refractivity contribution < 1.29 is 0 Å². The molecule has 8 bridgehead atoms. The highest BCUT2D eigenvalue weighted by Gasteiger charge is 2.55. The van der Waals surface area contributed by atoms with E-state index in [1.807, 2.05) is 0 Å². The molecule has 2 nitrogen and oxygen atoms in total. The fourth-order valence-electron chi connectivity index (χ4n) is 20.7. The highest BCUT2D eigenvalue weighted by molar-refractivity contribution is 7.32.